The van der Waals surface area contributed by atoms with Crippen molar-refractivity contribution in [1.82, 2.24) is 0 Å². The first-order valence-electron chi connectivity index (χ1n) is 10.5. The lowest BCUT2D eigenvalue weighted by Crippen LogP contribution is -2.29. The Balaban J connectivity index is 1.66. The van der Waals surface area contributed by atoms with E-state index >= 15 is 0 Å². The number of amides is 1. The molecule has 0 saturated carbocycles. The number of ether oxygens (including phenoxy) is 1. The molecule has 0 aliphatic heterocycles. The van der Waals surface area contributed by atoms with Crippen molar-refractivity contribution >= 4 is 29.7 Å². The van der Waals surface area contributed by atoms with Crippen LogP contribution in [-0.2, 0) is 9.53 Å². The van der Waals surface area contributed by atoms with Crippen LogP contribution in [0.1, 0.15) is 61.6 Å². The highest BCUT2D eigenvalue weighted by Crippen LogP contribution is 2.20. The Hall–Kier alpha value is -2.92. The summed E-state index contributed by atoms with van der Waals surface area (Å²) in [5.74, 6) is -0.318. The Morgan fingerprint density at radius 2 is 2.00 bits per heavy atom. The molecule has 1 unspecified atom stereocenters. The normalized spacial score (nSPS) is 15.9. The minimum Gasteiger partial charge on any atom is -0.462 e. The molecule has 0 fully saturated rings. The zero-order valence-corrected chi connectivity index (χ0v) is 17.6. The Kier molecular flexibility index (Phi) is 7.41. The molecule has 0 heterocycles. The van der Waals surface area contributed by atoms with E-state index < -0.39 is 12.1 Å². The summed E-state index contributed by atoms with van der Waals surface area (Å²) in [5, 5.41) is 15.5. The third-order valence-electron chi connectivity index (χ3n) is 5.20. The van der Waals surface area contributed by atoms with E-state index in [1.165, 1.54) is 0 Å². The fourth-order valence-corrected chi connectivity index (χ4v) is 3.47. The van der Waals surface area contributed by atoms with Gasteiger partial charge < -0.3 is 15.2 Å². The maximum absolute atomic E-state index is 12.5. The summed E-state index contributed by atoms with van der Waals surface area (Å²) in [4.78, 5) is 24.8. The smallest absolute Gasteiger partial charge is 0.340 e. The van der Waals surface area contributed by atoms with Gasteiger partial charge in [0.15, 0.2) is 0 Å². The van der Waals surface area contributed by atoms with Crippen molar-refractivity contribution in [2.75, 3.05) is 11.9 Å². The van der Waals surface area contributed by atoms with Gasteiger partial charge in [0.05, 0.1) is 30.4 Å². The molecule has 2 aromatic carbocycles. The van der Waals surface area contributed by atoms with Crippen LogP contribution in [0, 0.1) is 5.92 Å². The summed E-state index contributed by atoms with van der Waals surface area (Å²) >= 11 is 0. The molecule has 5 nitrogen and oxygen atoms in total. The summed E-state index contributed by atoms with van der Waals surface area (Å²) in [5.41, 5.74) is 1.40. The number of carbonyl (C=O) groups excluding carboxylic acids is 2. The molecule has 5 heteroatoms. The number of esters is 1. The quantitative estimate of drug-likeness (QED) is 0.520. The standard InChI is InChI=1S/C25H29NO4/c1-3-4-13-30-25(29)21-7-5-6-8-22(21)26-24(28)16-23(27)20-12-11-18-14-17(2)9-10-19(18)15-20/h5-8,10-12,14-15,17,23,27H,3-4,9,13,16H2,1-2H3,(H,26,28)/t17-,23?/m0/s1. The van der Waals surface area contributed by atoms with Gasteiger partial charge in [-0.25, -0.2) is 4.79 Å². The van der Waals surface area contributed by atoms with Gasteiger partial charge in [0.25, 0.3) is 0 Å². The molecule has 2 N–H and O–H groups in total. The van der Waals surface area contributed by atoms with E-state index in [1.807, 2.05) is 25.1 Å². The number of unbranched alkanes of at least 4 members (excludes halogenated alkanes) is 1. The van der Waals surface area contributed by atoms with Gasteiger partial charge in [-0.05, 0) is 53.0 Å². The summed E-state index contributed by atoms with van der Waals surface area (Å²) in [6.45, 7) is 4.54. The molecule has 0 spiro atoms. The van der Waals surface area contributed by atoms with E-state index in [2.05, 4.69) is 24.4 Å². The monoisotopic (exact) mass is 407 g/mol. The molecule has 1 aliphatic rings. The van der Waals surface area contributed by atoms with Gasteiger partial charge in [0, 0.05) is 0 Å². The van der Waals surface area contributed by atoms with Gasteiger partial charge in [-0.3, -0.25) is 4.79 Å². The number of anilines is 1. The number of nitrogens with one attached hydrogen (secondary N) is 1. The summed E-state index contributed by atoms with van der Waals surface area (Å²) in [6.07, 6.45) is 6.05. The highest BCUT2D eigenvalue weighted by atomic mass is 16.5. The second kappa shape index (κ2) is 10.2. The Morgan fingerprint density at radius 3 is 2.80 bits per heavy atom. The van der Waals surface area contributed by atoms with Crippen molar-refractivity contribution in [1.29, 1.82) is 0 Å². The van der Waals surface area contributed by atoms with Crippen LogP contribution in [0.25, 0.3) is 12.2 Å². The van der Waals surface area contributed by atoms with E-state index in [0.717, 1.165) is 29.7 Å². The number of fused-ring (bicyclic) bond motifs is 1. The average Bonchev–Trinajstić information content (AvgIpc) is 2.73. The third kappa shape index (κ3) is 5.57. The van der Waals surface area contributed by atoms with Crippen LogP contribution in [0.2, 0.25) is 0 Å². The first-order valence-corrected chi connectivity index (χ1v) is 10.5. The Bertz CT molecular complexity index is 1030. The summed E-state index contributed by atoms with van der Waals surface area (Å²) in [7, 11) is 0. The molecule has 2 atom stereocenters. The van der Waals surface area contributed by atoms with E-state index in [1.54, 1.807) is 24.3 Å². The number of rotatable bonds is 8. The van der Waals surface area contributed by atoms with Gasteiger partial charge >= 0.3 is 5.97 Å². The van der Waals surface area contributed by atoms with Crippen molar-refractivity contribution in [3.05, 3.63) is 64.0 Å². The lowest BCUT2D eigenvalue weighted by molar-refractivity contribution is -0.118. The molecule has 30 heavy (non-hydrogen) atoms. The molecule has 0 radical (unpaired) electrons. The van der Waals surface area contributed by atoms with Crippen molar-refractivity contribution in [3.8, 4) is 0 Å². The van der Waals surface area contributed by atoms with Crippen LogP contribution in [0.5, 0.6) is 0 Å². The van der Waals surface area contributed by atoms with Crippen molar-refractivity contribution in [2.24, 2.45) is 5.92 Å². The number of carbonyl (C=O) groups is 2. The van der Waals surface area contributed by atoms with Gasteiger partial charge in [0.1, 0.15) is 0 Å². The van der Waals surface area contributed by atoms with E-state index in [4.69, 9.17) is 4.74 Å². The van der Waals surface area contributed by atoms with Gasteiger partial charge in [-0.2, -0.15) is 0 Å². The van der Waals surface area contributed by atoms with Gasteiger partial charge in [0.2, 0.25) is 5.91 Å². The lowest BCUT2D eigenvalue weighted by Gasteiger charge is -2.14. The number of benzene rings is 2. The molecule has 0 saturated heterocycles. The Labute approximate surface area is 177 Å². The van der Waals surface area contributed by atoms with E-state index in [-0.39, 0.29) is 12.3 Å². The number of aliphatic hydroxyl groups excluding tert-OH is 1. The molecule has 1 aliphatic carbocycles. The van der Waals surface area contributed by atoms with Crippen LogP contribution < -0.4 is 15.8 Å². The largest absolute Gasteiger partial charge is 0.462 e. The molecule has 2 aromatic rings. The summed E-state index contributed by atoms with van der Waals surface area (Å²) < 4.78 is 5.26. The van der Waals surface area contributed by atoms with Gasteiger partial charge in [-0.15, -0.1) is 0 Å². The molecule has 0 aromatic heterocycles. The maximum atomic E-state index is 12.5. The lowest BCUT2D eigenvalue weighted by atomic mass is 9.96. The van der Waals surface area contributed by atoms with Crippen LogP contribution in [0.3, 0.4) is 0 Å². The van der Waals surface area contributed by atoms with Crippen LogP contribution >= 0.6 is 0 Å². The fourth-order valence-electron chi connectivity index (χ4n) is 3.47. The third-order valence-corrected chi connectivity index (χ3v) is 5.20. The van der Waals surface area contributed by atoms with Crippen molar-refractivity contribution < 1.29 is 19.4 Å². The zero-order valence-electron chi connectivity index (χ0n) is 17.6. The van der Waals surface area contributed by atoms with E-state index in [9.17, 15) is 14.7 Å². The number of para-hydroxylation sites is 1. The van der Waals surface area contributed by atoms with Crippen molar-refractivity contribution in [2.45, 2.75) is 45.6 Å². The predicted octanol–water partition coefficient (Wildman–Crippen LogP) is 3.31. The van der Waals surface area contributed by atoms with Gasteiger partial charge in [-0.1, -0.05) is 56.7 Å². The van der Waals surface area contributed by atoms with Crippen LogP contribution in [0.4, 0.5) is 5.69 Å². The van der Waals surface area contributed by atoms with Crippen molar-refractivity contribution in [3.63, 3.8) is 0 Å². The number of hydrogen-bond donors (Lipinski definition) is 2. The number of aliphatic hydroxyl groups is 1. The SMILES string of the molecule is CCCCOC(=O)c1ccccc1NC(=O)CC(O)c1ccc2c(c1)=CC[C@H](C)C=2. The average molecular weight is 408 g/mol. The topological polar surface area (TPSA) is 75.6 Å². The molecular weight excluding hydrogens is 378 g/mol. The van der Waals surface area contributed by atoms with E-state index in [0.29, 0.717) is 29.3 Å². The Morgan fingerprint density at radius 1 is 1.20 bits per heavy atom. The molecule has 3 rings (SSSR count). The molecule has 1 amide bonds. The second-order valence-electron chi connectivity index (χ2n) is 7.78. The first-order chi connectivity index (χ1) is 14.5. The minimum absolute atomic E-state index is 0.0991. The fraction of sp³-hybridized carbons (Fsp3) is 0.360. The second-order valence-corrected chi connectivity index (χ2v) is 7.78. The molecule has 158 valence electrons. The zero-order chi connectivity index (χ0) is 21.5. The number of hydrogen-bond acceptors (Lipinski definition) is 4. The highest BCUT2D eigenvalue weighted by molar-refractivity contribution is 6.01. The molecular formula is C25H29NO4. The highest BCUT2D eigenvalue weighted by Gasteiger charge is 2.17. The summed E-state index contributed by atoms with van der Waals surface area (Å²) in [6, 6.07) is 12.5. The van der Waals surface area contributed by atoms with Crippen LogP contribution in [-0.4, -0.2) is 23.6 Å². The predicted molar refractivity (Wildman–Crippen MR) is 118 cm³/mol. The first kappa shape index (κ1) is 21.8. The van der Waals surface area contributed by atoms with Crippen LogP contribution in [0.15, 0.2) is 42.5 Å². The maximum Gasteiger partial charge on any atom is 0.340 e. The molecule has 0 bridgehead atoms. The minimum atomic E-state index is -0.924.